The van der Waals surface area contributed by atoms with Crippen LogP contribution in [0.1, 0.15) is 16.8 Å². The van der Waals surface area contributed by atoms with Gasteiger partial charge in [-0.05, 0) is 55.8 Å². The van der Waals surface area contributed by atoms with Crippen molar-refractivity contribution in [1.82, 2.24) is 9.78 Å². The first kappa shape index (κ1) is 25.0. The van der Waals surface area contributed by atoms with Gasteiger partial charge in [-0.1, -0.05) is 42.0 Å². The van der Waals surface area contributed by atoms with Crippen molar-refractivity contribution in [1.29, 1.82) is 0 Å². The van der Waals surface area contributed by atoms with Crippen LogP contribution in [-0.4, -0.2) is 38.4 Å². The van der Waals surface area contributed by atoms with E-state index >= 15 is 0 Å². The molecule has 0 aliphatic heterocycles. The third-order valence-electron chi connectivity index (χ3n) is 5.57. The van der Waals surface area contributed by atoms with Crippen LogP contribution in [0.5, 0.6) is 17.4 Å². The number of hydrogen-bond acceptors (Lipinski definition) is 7. The van der Waals surface area contributed by atoms with E-state index in [9.17, 15) is 13.2 Å². The average molecular weight is 507 g/mol. The van der Waals surface area contributed by atoms with Crippen LogP contribution in [0.4, 0.5) is 0 Å². The van der Waals surface area contributed by atoms with Crippen molar-refractivity contribution in [3.8, 4) is 23.1 Å². The van der Waals surface area contributed by atoms with E-state index in [1.807, 2.05) is 13.0 Å². The van der Waals surface area contributed by atoms with Gasteiger partial charge in [0.25, 0.3) is 0 Å². The van der Waals surface area contributed by atoms with E-state index in [0.717, 1.165) is 5.56 Å². The Morgan fingerprint density at radius 3 is 2.19 bits per heavy atom. The highest BCUT2D eigenvalue weighted by Crippen LogP contribution is 2.35. The van der Waals surface area contributed by atoms with Crippen LogP contribution in [0.25, 0.3) is 5.69 Å². The average Bonchev–Trinajstić information content (AvgIpc) is 3.20. The van der Waals surface area contributed by atoms with E-state index in [1.54, 1.807) is 61.5 Å². The van der Waals surface area contributed by atoms with E-state index in [0.29, 0.717) is 22.7 Å². The predicted octanol–water partition coefficient (Wildman–Crippen LogP) is 4.49. The van der Waals surface area contributed by atoms with Crippen LogP contribution < -0.4 is 14.2 Å². The summed E-state index contributed by atoms with van der Waals surface area (Å²) in [5, 5.41) is 4.42. The molecule has 1 heterocycles. The smallest absolute Gasteiger partial charge is 0.317 e. The monoisotopic (exact) mass is 506 g/mol. The first-order chi connectivity index (χ1) is 17.2. The lowest BCUT2D eigenvalue weighted by atomic mass is 10.1. The fourth-order valence-corrected chi connectivity index (χ4v) is 5.29. The van der Waals surface area contributed by atoms with E-state index in [-0.39, 0.29) is 27.8 Å². The largest absolute Gasteiger partial charge is 0.493 e. The van der Waals surface area contributed by atoms with Crippen molar-refractivity contribution in [2.75, 3.05) is 14.2 Å². The Morgan fingerprint density at radius 1 is 0.889 bits per heavy atom. The molecule has 3 aromatic carbocycles. The summed E-state index contributed by atoms with van der Waals surface area (Å²) in [6, 6.07) is 20.5. The van der Waals surface area contributed by atoms with Crippen LogP contribution in [0.2, 0.25) is 0 Å². The molecule has 0 unspecified atom stereocenters. The summed E-state index contributed by atoms with van der Waals surface area (Å²) in [5.74, 6) is 0.180. The molecular formula is C27H26N2O6S. The predicted molar refractivity (Wildman–Crippen MR) is 134 cm³/mol. The number of methoxy groups -OCH3 is 2. The molecule has 0 fully saturated rings. The number of carbonyl (C=O) groups is 1. The zero-order chi connectivity index (χ0) is 25.9. The summed E-state index contributed by atoms with van der Waals surface area (Å²) in [6.45, 7) is 3.45. The first-order valence-electron chi connectivity index (χ1n) is 11.1. The van der Waals surface area contributed by atoms with Gasteiger partial charge in [0, 0.05) is 0 Å². The maximum Gasteiger partial charge on any atom is 0.317 e. The van der Waals surface area contributed by atoms with Crippen LogP contribution in [-0.2, 0) is 21.1 Å². The van der Waals surface area contributed by atoms with Gasteiger partial charge in [0.1, 0.15) is 0 Å². The quantitative estimate of drug-likeness (QED) is 0.325. The number of benzene rings is 3. The molecule has 0 aliphatic rings. The molecule has 0 aliphatic carbocycles. The van der Waals surface area contributed by atoms with Crippen molar-refractivity contribution < 1.29 is 27.4 Å². The minimum atomic E-state index is -4.04. The molecule has 0 atom stereocenters. The molecule has 0 N–H and O–H groups in total. The summed E-state index contributed by atoms with van der Waals surface area (Å²) in [6.07, 6.45) is -0.122. The van der Waals surface area contributed by atoms with Crippen LogP contribution >= 0.6 is 0 Å². The van der Waals surface area contributed by atoms with Crippen molar-refractivity contribution in [2.45, 2.75) is 30.1 Å². The van der Waals surface area contributed by atoms with E-state index in [2.05, 4.69) is 5.10 Å². The second kappa shape index (κ2) is 10.2. The second-order valence-corrected chi connectivity index (χ2v) is 10.0. The molecule has 36 heavy (non-hydrogen) atoms. The van der Waals surface area contributed by atoms with Gasteiger partial charge in [-0.25, -0.2) is 8.42 Å². The van der Waals surface area contributed by atoms with Crippen molar-refractivity contribution in [3.05, 3.63) is 89.6 Å². The van der Waals surface area contributed by atoms with Gasteiger partial charge < -0.3 is 14.2 Å². The highest BCUT2D eigenvalue weighted by molar-refractivity contribution is 7.91. The Morgan fingerprint density at radius 2 is 1.56 bits per heavy atom. The Bertz CT molecular complexity index is 1490. The lowest BCUT2D eigenvalue weighted by Crippen LogP contribution is -2.16. The molecule has 0 spiro atoms. The minimum absolute atomic E-state index is 0.0843. The SMILES string of the molecule is COc1ccc(CC(=O)Oc2c(S(=O)(=O)c3ccc(C)cc3)c(C)nn2-c2ccccc2)cc1OC. The van der Waals surface area contributed by atoms with E-state index < -0.39 is 15.8 Å². The number of hydrogen-bond donors (Lipinski definition) is 0. The topological polar surface area (TPSA) is 96.7 Å². The number of carbonyl (C=O) groups excluding carboxylic acids is 1. The Kier molecular flexibility index (Phi) is 7.12. The molecule has 0 bridgehead atoms. The first-order valence-corrected chi connectivity index (χ1v) is 12.6. The van der Waals surface area contributed by atoms with E-state index in [1.165, 1.54) is 31.0 Å². The molecule has 186 valence electrons. The van der Waals surface area contributed by atoms with Gasteiger partial charge in [-0.2, -0.15) is 9.78 Å². The summed E-state index contributed by atoms with van der Waals surface area (Å²) in [7, 11) is -1.01. The third-order valence-corrected chi connectivity index (χ3v) is 7.47. The number of ether oxygens (including phenoxy) is 3. The molecule has 0 saturated heterocycles. The van der Waals surface area contributed by atoms with Crippen molar-refractivity contribution >= 4 is 15.8 Å². The lowest BCUT2D eigenvalue weighted by molar-refractivity contribution is -0.134. The summed E-state index contributed by atoms with van der Waals surface area (Å²) < 4.78 is 44.9. The van der Waals surface area contributed by atoms with Gasteiger partial charge in [0.15, 0.2) is 16.4 Å². The third kappa shape index (κ3) is 4.96. The number of nitrogens with zero attached hydrogens (tertiary/aromatic N) is 2. The van der Waals surface area contributed by atoms with E-state index in [4.69, 9.17) is 14.2 Å². The Labute approximate surface area is 210 Å². The number of esters is 1. The molecule has 0 saturated carbocycles. The number of aryl methyl sites for hydroxylation is 2. The van der Waals surface area contributed by atoms with Gasteiger partial charge in [0.05, 0.1) is 36.9 Å². The van der Waals surface area contributed by atoms with Gasteiger partial charge >= 0.3 is 5.97 Å². The Hall–Kier alpha value is -4.11. The number of sulfone groups is 1. The minimum Gasteiger partial charge on any atom is -0.493 e. The number of aromatic nitrogens is 2. The zero-order valence-electron chi connectivity index (χ0n) is 20.4. The lowest BCUT2D eigenvalue weighted by Gasteiger charge is -2.12. The Balaban J connectivity index is 1.77. The van der Waals surface area contributed by atoms with Crippen molar-refractivity contribution in [3.63, 3.8) is 0 Å². The van der Waals surface area contributed by atoms with Gasteiger partial charge in [-0.3, -0.25) is 4.79 Å². The van der Waals surface area contributed by atoms with Crippen LogP contribution in [0, 0.1) is 13.8 Å². The fourth-order valence-electron chi connectivity index (χ4n) is 3.77. The van der Waals surface area contributed by atoms with Crippen LogP contribution in [0.15, 0.2) is 82.6 Å². The highest BCUT2D eigenvalue weighted by Gasteiger charge is 2.32. The molecule has 9 heteroatoms. The van der Waals surface area contributed by atoms with Gasteiger partial charge in [-0.15, -0.1) is 0 Å². The normalized spacial score (nSPS) is 11.2. The van der Waals surface area contributed by atoms with Crippen molar-refractivity contribution in [2.24, 2.45) is 0 Å². The summed E-state index contributed by atoms with van der Waals surface area (Å²) in [5.41, 5.74) is 2.31. The maximum absolute atomic E-state index is 13.7. The standard InChI is InChI=1S/C27H26N2O6S/c1-18-10-13-22(14-11-18)36(31,32)26-19(2)28-29(21-8-6-5-7-9-21)27(26)35-25(30)17-20-12-15-23(33-3)24(16-20)34-4/h5-16H,17H2,1-4H3. The zero-order valence-corrected chi connectivity index (χ0v) is 21.2. The molecule has 8 nitrogen and oxygen atoms in total. The second-order valence-electron chi connectivity index (χ2n) is 8.12. The fraction of sp³-hybridized carbons (Fsp3) is 0.185. The molecule has 1 aromatic heterocycles. The molecule has 4 rings (SSSR count). The molecule has 0 amide bonds. The number of rotatable bonds is 8. The van der Waals surface area contributed by atoms with Gasteiger partial charge in [0.2, 0.25) is 15.7 Å². The highest BCUT2D eigenvalue weighted by atomic mass is 32.2. The summed E-state index contributed by atoms with van der Waals surface area (Å²) >= 11 is 0. The molecule has 4 aromatic rings. The number of para-hydroxylation sites is 1. The maximum atomic E-state index is 13.7. The molecule has 0 radical (unpaired) electrons. The summed E-state index contributed by atoms with van der Waals surface area (Å²) in [4.78, 5) is 13.0. The van der Waals surface area contributed by atoms with Crippen LogP contribution in [0.3, 0.4) is 0 Å². The molecular weight excluding hydrogens is 480 g/mol.